The highest BCUT2D eigenvalue weighted by Crippen LogP contribution is 2.30. The van der Waals surface area contributed by atoms with Crippen LogP contribution in [0.2, 0.25) is 0 Å². The first kappa shape index (κ1) is 23.4. The molecule has 1 N–H and O–H groups in total. The van der Waals surface area contributed by atoms with Gasteiger partial charge in [-0.1, -0.05) is 36.8 Å². The van der Waals surface area contributed by atoms with Crippen molar-refractivity contribution in [2.75, 3.05) is 18.5 Å². The average molecular weight is 490 g/mol. The van der Waals surface area contributed by atoms with Gasteiger partial charge in [-0.3, -0.25) is 9.98 Å². The molecule has 3 heterocycles. The van der Waals surface area contributed by atoms with Crippen molar-refractivity contribution in [3.05, 3.63) is 95.6 Å². The molecule has 0 amide bonds. The Morgan fingerprint density at radius 3 is 2.62 bits per heavy atom. The number of aryl methyl sites for hydroxylation is 2. The summed E-state index contributed by atoms with van der Waals surface area (Å²) in [5.74, 6) is 0. The minimum Gasteiger partial charge on any atom is -0.381 e. The minimum absolute atomic E-state index is 0.230. The van der Waals surface area contributed by atoms with Gasteiger partial charge in [-0.05, 0) is 74.2 Å². The second-order valence-electron chi connectivity index (χ2n) is 9.66. The molecule has 1 fully saturated rings. The lowest BCUT2D eigenvalue weighted by molar-refractivity contribution is 0.0864. The number of rotatable bonds is 5. The summed E-state index contributed by atoms with van der Waals surface area (Å²) in [7, 11) is 0. The summed E-state index contributed by atoms with van der Waals surface area (Å²) in [5.41, 5.74) is 9.37. The van der Waals surface area contributed by atoms with Gasteiger partial charge in [0, 0.05) is 25.1 Å². The van der Waals surface area contributed by atoms with Gasteiger partial charge in [0.25, 0.3) is 0 Å². The van der Waals surface area contributed by atoms with Crippen LogP contribution >= 0.6 is 0 Å². The van der Waals surface area contributed by atoms with Gasteiger partial charge in [-0.25, -0.2) is 4.98 Å². The first-order chi connectivity index (χ1) is 18.2. The Morgan fingerprint density at radius 2 is 1.81 bits per heavy atom. The van der Waals surface area contributed by atoms with Gasteiger partial charge >= 0.3 is 0 Å². The number of anilines is 2. The summed E-state index contributed by atoms with van der Waals surface area (Å²) in [6.07, 6.45) is 6.57. The zero-order valence-electron chi connectivity index (χ0n) is 21.3. The van der Waals surface area contributed by atoms with E-state index in [9.17, 15) is 0 Å². The highest BCUT2D eigenvalue weighted by atomic mass is 16.5. The van der Waals surface area contributed by atoms with E-state index in [1.165, 1.54) is 11.1 Å². The van der Waals surface area contributed by atoms with Gasteiger partial charge < -0.3 is 14.6 Å². The Morgan fingerprint density at radius 1 is 1.00 bits per heavy atom. The van der Waals surface area contributed by atoms with E-state index in [1.807, 2.05) is 18.5 Å². The lowest BCUT2D eigenvalue weighted by atomic mass is 10.1. The van der Waals surface area contributed by atoms with E-state index in [2.05, 4.69) is 89.4 Å². The maximum Gasteiger partial charge on any atom is 0.0900 e. The number of nitrogens with zero attached hydrogens (tertiary/aromatic N) is 4. The number of aromatic nitrogens is 3. The van der Waals surface area contributed by atoms with Crippen LogP contribution in [0, 0.1) is 6.92 Å². The van der Waals surface area contributed by atoms with Crippen LogP contribution in [-0.4, -0.2) is 33.8 Å². The molecule has 3 aromatic rings. The van der Waals surface area contributed by atoms with Gasteiger partial charge in [0.15, 0.2) is 0 Å². The van der Waals surface area contributed by atoms with Crippen LogP contribution in [0.15, 0.2) is 84.1 Å². The molecule has 6 heteroatoms. The summed E-state index contributed by atoms with van der Waals surface area (Å²) in [6.45, 7) is 5.76. The molecule has 0 unspecified atom stereocenters. The number of nitrogens with one attached hydrogen (secondary N) is 1. The molecule has 1 aliphatic carbocycles. The lowest BCUT2D eigenvalue weighted by Gasteiger charge is -2.22. The standard InChI is InChI=1S/C31H31N5O/c1-3-22-16-24(20-32-19-22)34-27-17-29-31(18-28(27)33-23-12-14-37-15-13-23)36(25-10-8-21(2)9-11-25)30-7-5-4-6-26(30)35-29/h4-11,16-20,23,34H,3,12-15H2,1-2H3. The second-order valence-corrected chi connectivity index (χ2v) is 9.66. The average Bonchev–Trinajstić information content (AvgIpc) is 2.93. The predicted octanol–water partition coefficient (Wildman–Crippen LogP) is 6.22. The third-order valence-corrected chi connectivity index (χ3v) is 6.98. The van der Waals surface area contributed by atoms with Crippen LogP contribution in [0.4, 0.5) is 11.4 Å². The fourth-order valence-electron chi connectivity index (χ4n) is 4.94. The Labute approximate surface area is 217 Å². The van der Waals surface area contributed by atoms with Crippen molar-refractivity contribution in [3.63, 3.8) is 0 Å². The van der Waals surface area contributed by atoms with Crippen LogP contribution in [0.3, 0.4) is 0 Å². The number of benzene rings is 3. The van der Waals surface area contributed by atoms with Gasteiger partial charge in [0.1, 0.15) is 0 Å². The van der Waals surface area contributed by atoms with Gasteiger partial charge in [0.05, 0.1) is 51.4 Å². The summed E-state index contributed by atoms with van der Waals surface area (Å²) in [6, 6.07) is 23.6. The zero-order valence-corrected chi connectivity index (χ0v) is 21.3. The molecule has 6 nitrogen and oxygen atoms in total. The molecule has 0 spiro atoms. The normalized spacial score (nSPS) is 14.9. The van der Waals surface area contributed by atoms with Crippen LogP contribution in [0.25, 0.3) is 28.1 Å². The van der Waals surface area contributed by atoms with Crippen molar-refractivity contribution in [3.8, 4) is 17.1 Å². The van der Waals surface area contributed by atoms with E-state index in [1.54, 1.807) is 0 Å². The monoisotopic (exact) mass is 489 g/mol. The molecule has 6 rings (SSSR count). The topological polar surface area (TPSA) is 64.3 Å². The number of pyridine rings is 1. The zero-order chi connectivity index (χ0) is 25.2. The largest absolute Gasteiger partial charge is 0.381 e. The van der Waals surface area contributed by atoms with E-state index in [0.717, 1.165) is 77.3 Å². The molecule has 0 saturated carbocycles. The van der Waals surface area contributed by atoms with Gasteiger partial charge in [0.2, 0.25) is 0 Å². The third kappa shape index (κ3) is 4.85. The molecule has 1 aromatic heterocycles. The molecule has 2 aromatic carbocycles. The second kappa shape index (κ2) is 10.1. The Balaban J connectivity index is 1.60. The van der Waals surface area contributed by atoms with E-state index in [-0.39, 0.29) is 6.04 Å². The van der Waals surface area contributed by atoms with E-state index in [4.69, 9.17) is 14.7 Å². The minimum atomic E-state index is 0.230. The highest BCUT2D eigenvalue weighted by Gasteiger charge is 2.18. The molecular weight excluding hydrogens is 458 g/mol. The molecule has 0 atom stereocenters. The Hall–Kier alpha value is -4.03. The molecule has 0 bridgehead atoms. The van der Waals surface area contributed by atoms with Gasteiger partial charge in [-0.15, -0.1) is 0 Å². The Kier molecular flexibility index (Phi) is 6.41. The predicted molar refractivity (Wildman–Crippen MR) is 149 cm³/mol. The summed E-state index contributed by atoms with van der Waals surface area (Å²) in [4.78, 5) is 14.7. The molecule has 37 heavy (non-hydrogen) atoms. The Bertz CT molecular complexity index is 1580. The maximum absolute atomic E-state index is 5.60. The number of fused-ring (bicyclic) bond motifs is 2. The highest BCUT2D eigenvalue weighted by molar-refractivity contribution is 5.84. The fourth-order valence-corrected chi connectivity index (χ4v) is 4.94. The molecular formula is C31H31N5O. The number of ether oxygens (including phenoxy) is 1. The SMILES string of the molecule is CCc1cncc(Nc2cc3nc4ccccc4n(-c4ccc(C)cc4)c-3cc2=NC2CCOCC2)c1. The first-order valence-corrected chi connectivity index (χ1v) is 13.0. The molecule has 2 aliphatic heterocycles. The quantitative estimate of drug-likeness (QED) is 0.298. The van der Waals surface area contributed by atoms with Crippen molar-refractivity contribution in [1.29, 1.82) is 0 Å². The smallest absolute Gasteiger partial charge is 0.0900 e. The first-order valence-electron chi connectivity index (χ1n) is 13.0. The summed E-state index contributed by atoms with van der Waals surface area (Å²) >= 11 is 0. The molecule has 186 valence electrons. The lowest BCUT2D eigenvalue weighted by Crippen LogP contribution is -2.23. The van der Waals surface area contributed by atoms with E-state index in [0.29, 0.717) is 0 Å². The van der Waals surface area contributed by atoms with Crippen LogP contribution < -0.4 is 10.7 Å². The maximum atomic E-state index is 5.60. The number of hydrogen-bond acceptors (Lipinski definition) is 5. The number of hydrogen-bond donors (Lipinski definition) is 1. The van der Waals surface area contributed by atoms with Crippen molar-refractivity contribution >= 4 is 22.4 Å². The molecule has 0 radical (unpaired) electrons. The fraction of sp³-hybridized carbons (Fsp3) is 0.258. The summed E-state index contributed by atoms with van der Waals surface area (Å²) < 4.78 is 7.89. The van der Waals surface area contributed by atoms with Crippen molar-refractivity contribution in [1.82, 2.24) is 14.5 Å². The molecule has 1 saturated heterocycles. The van der Waals surface area contributed by atoms with Crippen LogP contribution in [0.5, 0.6) is 0 Å². The van der Waals surface area contributed by atoms with E-state index >= 15 is 0 Å². The summed E-state index contributed by atoms with van der Waals surface area (Å²) in [5, 5.41) is 4.54. The van der Waals surface area contributed by atoms with E-state index < -0.39 is 0 Å². The van der Waals surface area contributed by atoms with Crippen molar-refractivity contribution in [2.24, 2.45) is 4.99 Å². The van der Waals surface area contributed by atoms with Crippen molar-refractivity contribution < 1.29 is 4.74 Å². The molecule has 3 aliphatic rings. The number of para-hydroxylation sites is 2. The van der Waals surface area contributed by atoms with Gasteiger partial charge in [-0.2, -0.15) is 0 Å². The third-order valence-electron chi connectivity index (χ3n) is 6.98. The van der Waals surface area contributed by atoms with Crippen molar-refractivity contribution in [2.45, 2.75) is 39.2 Å². The van der Waals surface area contributed by atoms with Crippen LogP contribution in [0.1, 0.15) is 30.9 Å². The van der Waals surface area contributed by atoms with Crippen LogP contribution in [-0.2, 0) is 11.2 Å².